The second-order valence-corrected chi connectivity index (χ2v) is 5.27. The van der Waals surface area contributed by atoms with Gasteiger partial charge in [-0.3, -0.25) is 0 Å². The first-order valence-electron chi connectivity index (χ1n) is 5.78. The lowest BCUT2D eigenvalue weighted by Crippen LogP contribution is -2.05. The molecule has 6 nitrogen and oxygen atoms in total. The van der Waals surface area contributed by atoms with Crippen LogP contribution in [0.25, 0.3) is 0 Å². The molecule has 2 aromatic heterocycles. The third-order valence-electron chi connectivity index (χ3n) is 2.62. The highest BCUT2D eigenvalue weighted by atomic mass is 32.2. The third-order valence-corrected chi connectivity index (χ3v) is 3.66. The molecule has 0 bridgehead atoms. The minimum absolute atomic E-state index is 0.381. The molecule has 2 aromatic rings. The first kappa shape index (κ1) is 13.1. The molecule has 2 N–H and O–H groups in total. The summed E-state index contributed by atoms with van der Waals surface area (Å²) in [5.41, 5.74) is 6.52. The standard InChI is InChI=1S/C11H17N5OS/c1-7(2)9-4-8(17-15-9)6-18-11-14-13-10(5-12)16(11)3/h4,7H,5-6,12H2,1-3H3. The summed E-state index contributed by atoms with van der Waals surface area (Å²) in [4.78, 5) is 0. The van der Waals surface area contributed by atoms with Crippen molar-refractivity contribution in [1.82, 2.24) is 19.9 Å². The van der Waals surface area contributed by atoms with Gasteiger partial charge in [-0.15, -0.1) is 10.2 Å². The third kappa shape index (κ3) is 2.73. The van der Waals surface area contributed by atoms with Gasteiger partial charge in [0.2, 0.25) is 0 Å². The van der Waals surface area contributed by atoms with E-state index in [9.17, 15) is 0 Å². The van der Waals surface area contributed by atoms with Gasteiger partial charge < -0.3 is 14.8 Å². The fraction of sp³-hybridized carbons (Fsp3) is 0.545. The molecule has 2 heterocycles. The zero-order valence-corrected chi connectivity index (χ0v) is 11.6. The van der Waals surface area contributed by atoms with Crippen molar-refractivity contribution in [3.05, 3.63) is 23.3 Å². The second-order valence-electron chi connectivity index (χ2n) is 4.32. The van der Waals surface area contributed by atoms with E-state index in [2.05, 4.69) is 29.2 Å². The summed E-state index contributed by atoms with van der Waals surface area (Å²) < 4.78 is 7.16. The fourth-order valence-corrected chi connectivity index (χ4v) is 2.26. The molecule has 7 heteroatoms. The molecule has 0 aromatic carbocycles. The lowest BCUT2D eigenvalue weighted by molar-refractivity contribution is 0.385. The van der Waals surface area contributed by atoms with Gasteiger partial charge in [-0.25, -0.2) is 0 Å². The van der Waals surface area contributed by atoms with Crippen molar-refractivity contribution in [3.63, 3.8) is 0 Å². The minimum Gasteiger partial charge on any atom is -0.360 e. The summed E-state index contributed by atoms with van der Waals surface area (Å²) in [6, 6.07) is 1.98. The van der Waals surface area contributed by atoms with E-state index >= 15 is 0 Å². The molecule has 0 aliphatic rings. The lowest BCUT2D eigenvalue weighted by atomic mass is 10.1. The Bertz CT molecular complexity index is 519. The van der Waals surface area contributed by atoms with Gasteiger partial charge in [0.05, 0.1) is 18.0 Å². The highest BCUT2D eigenvalue weighted by Crippen LogP contribution is 2.23. The minimum atomic E-state index is 0.381. The number of hydrogen-bond donors (Lipinski definition) is 1. The van der Waals surface area contributed by atoms with Crippen LogP contribution in [0.3, 0.4) is 0 Å². The quantitative estimate of drug-likeness (QED) is 0.830. The van der Waals surface area contributed by atoms with Crippen molar-refractivity contribution in [2.45, 2.75) is 37.2 Å². The summed E-state index contributed by atoms with van der Waals surface area (Å²) in [7, 11) is 1.91. The normalized spacial score (nSPS) is 11.4. The molecule has 0 atom stereocenters. The number of thioether (sulfide) groups is 1. The Balaban J connectivity index is 2.00. The van der Waals surface area contributed by atoms with E-state index in [0.717, 1.165) is 22.4 Å². The van der Waals surface area contributed by atoms with E-state index in [-0.39, 0.29) is 0 Å². The van der Waals surface area contributed by atoms with Crippen LogP contribution in [0.5, 0.6) is 0 Å². The van der Waals surface area contributed by atoms with E-state index in [1.807, 2.05) is 17.7 Å². The molecule has 2 rings (SSSR count). The fourth-order valence-electron chi connectivity index (χ4n) is 1.45. The van der Waals surface area contributed by atoms with Crippen LogP contribution < -0.4 is 5.73 Å². The van der Waals surface area contributed by atoms with Gasteiger partial charge in [-0.05, 0) is 5.92 Å². The molecule has 0 spiro atoms. The first-order chi connectivity index (χ1) is 8.61. The Labute approximate surface area is 110 Å². The largest absolute Gasteiger partial charge is 0.360 e. The van der Waals surface area contributed by atoms with Crippen LogP contribution in [-0.4, -0.2) is 19.9 Å². The molecule has 0 aliphatic carbocycles. The maximum atomic E-state index is 5.55. The number of hydrogen-bond acceptors (Lipinski definition) is 6. The lowest BCUT2D eigenvalue weighted by Gasteiger charge is -2.00. The highest BCUT2D eigenvalue weighted by molar-refractivity contribution is 7.98. The second kappa shape index (κ2) is 5.53. The summed E-state index contributed by atoms with van der Waals surface area (Å²) in [5.74, 6) is 2.70. The van der Waals surface area contributed by atoms with Crippen molar-refractivity contribution in [1.29, 1.82) is 0 Å². The highest BCUT2D eigenvalue weighted by Gasteiger charge is 2.11. The Morgan fingerprint density at radius 2 is 2.22 bits per heavy atom. The Morgan fingerprint density at radius 1 is 1.44 bits per heavy atom. The van der Waals surface area contributed by atoms with Crippen LogP contribution in [0.1, 0.15) is 37.0 Å². The van der Waals surface area contributed by atoms with Gasteiger partial charge >= 0.3 is 0 Å². The van der Waals surface area contributed by atoms with Crippen molar-refractivity contribution in [2.75, 3.05) is 0 Å². The molecule has 18 heavy (non-hydrogen) atoms. The molecular formula is C11H17N5OS. The number of nitrogens with zero attached hydrogens (tertiary/aromatic N) is 4. The van der Waals surface area contributed by atoms with Crippen molar-refractivity contribution in [3.8, 4) is 0 Å². The van der Waals surface area contributed by atoms with E-state index in [0.29, 0.717) is 18.2 Å². The Morgan fingerprint density at radius 3 is 2.78 bits per heavy atom. The van der Waals surface area contributed by atoms with Crippen molar-refractivity contribution in [2.24, 2.45) is 12.8 Å². The van der Waals surface area contributed by atoms with Gasteiger partial charge in [0.1, 0.15) is 11.6 Å². The average molecular weight is 267 g/mol. The summed E-state index contributed by atoms with van der Waals surface area (Å²) in [5, 5.41) is 12.9. The molecule has 98 valence electrons. The molecule has 0 fully saturated rings. The predicted molar refractivity (Wildman–Crippen MR) is 69.0 cm³/mol. The number of nitrogens with two attached hydrogens (primary N) is 1. The van der Waals surface area contributed by atoms with Crippen LogP contribution >= 0.6 is 11.8 Å². The summed E-state index contributed by atoms with van der Waals surface area (Å²) >= 11 is 1.56. The topological polar surface area (TPSA) is 82.8 Å². The van der Waals surface area contributed by atoms with Gasteiger partial charge in [-0.2, -0.15) is 0 Å². The zero-order valence-electron chi connectivity index (χ0n) is 10.8. The zero-order chi connectivity index (χ0) is 13.1. The molecule has 0 saturated heterocycles. The predicted octanol–water partition coefficient (Wildman–Crippen LogP) is 1.68. The maximum Gasteiger partial charge on any atom is 0.191 e. The SMILES string of the molecule is CC(C)c1cc(CSc2nnc(CN)n2C)on1. The van der Waals surface area contributed by atoms with Crippen LogP contribution in [0.15, 0.2) is 15.7 Å². The van der Waals surface area contributed by atoms with E-state index in [1.165, 1.54) is 0 Å². The van der Waals surface area contributed by atoms with Crippen LogP contribution in [0, 0.1) is 0 Å². The van der Waals surface area contributed by atoms with Gasteiger partial charge in [0, 0.05) is 13.1 Å². The van der Waals surface area contributed by atoms with Crippen LogP contribution in [0.4, 0.5) is 0 Å². The smallest absolute Gasteiger partial charge is 0.191 e. The van der Waals surface area contributed by atoms with Crippen LogP contribution in [0.2, 0.25) is 0 Å². The molecule has 0 unspecified atom stereocenters. The molecule has 0 saturated carbocycles. The molecule has 0 amide bonds. The average Bonchev–Trinajstić information content (AvgIpc) is 2.93. The first-order valence-corrected chi connectivity index (χ1v) is 6.77. The van der Waals surface area contributed by atoms with Gasteiger partial charge in [0.15, 0.2) is 5.16 Å². The number of rotatable bonds is 5. The van der Waals surface area contributed by atoms with Gasteiger partial charge in [-0.1, -0.05) is 30.8 Å². The molecule has 0 radical (unpaired) electrons. The van der Waals surface area contributed by atoms with E-state index < -0.39 is 0 Å². The number of aromatic nitrogens is 4. The van der Waals surface area contributed by atoms with Crippen LogP contribution in [-0.2, 0) is 19.3 Å². The maximum absolute atomic E-state index is 5.55. The van der Waals surface area contributed by atoms with E-state index in [1.54, 1.807) is 11.8 Å². The van der Waals surface area contributed by atoms with Gasteiger partial charge in [0.25, 0.3) is 0 Å². The molecule has 0 aliphatic heterocycles. The molecular weight excluding hydrogens is 250 g/mol. The Kier molecular flexibility index (Phi) is 4.03. The van der Waals surface area contributed by atoms with Crippen molar-refractivity contribution < 1.29 is 4.52 Å². The summed E-state index contributed by atoms with van der Waals surface area (Å²) in [6.07, 6.45) is 0. The monoisotopic (exact) mass is 267 g/mol. The van der Waals surface area contributed by atoms with Crippen molar-refractivity contribution >= 4 is 11.8 Å². The summed E-state index contributed by atoms with van der Waals surface area (Å²) in [6.45, 7) is 4.57. The van der Waals surface area contributed by atoms with E-state index in [4.69, 9.17) is 10.3 Å². The Hall–Kier alpha value is -1.34.